The Hall–Kier alpha value is -1.48. The normalized spacial score (nSPS) is 30.4. The lowest BCUT2D eigenvalue weighted by Crippen LogP contribution is -2.42. The molecule has 1 saturated carbocycles. The molecule has 130 valence electrons. The van der Waals surface area contributed by atoms with E-state index in [-0.39, 0.29) is 5.60 Å². The molecule has 3 heteroatoms. The van der Waals surface area contributed by atoms with Crippen LogP contribution in [0.2, 0.25) is 0 Å². The van der Waals surface area contributed by atoms with E-state index in [0.717, 1.165) is 19.3 Å². The predicted octanol–water partition coefficient (Wildman–Crippen LogP) is 5.88. The van der Waals surface area contributed by atoms with Crippen LogP contribution >= 0.6 is 0 Å². The molecule has 1 nitrogen and oxygen atoms in total. The first-order valence-electron chi connectivity index (χ1n) is 9.01. The maximum Gasteiger partial charge on any atom is 0.241 e. The molecule has 0 heterocycles. The minimum atomic E-state index is -2.18. The van der Waals surface area contributed by atoms with E-state index in [1.165, 1.54) is 11.1 Å². The molecular weight excluding hydrogens is 306 g/mol. The number of rotatable bonds is 5. The fraction of sp³-hybridized carbons (Fsp3) is 0.524. The largest absolute Gasteiger partial charge is 0.371 e. The van der Waals surface area contributed by atoms with E-state index in [1.807, 2.05) is 25.1 Å². The Balaban J connectivity index is 1.73. The zero-order chi connectivity index (χ0) is 17.0. The average Bonchev–Trinajstić information content (AvgIpc) is 2.63. The summed E-state index contributed by atoms with van der Waals surface area (Å²) < 4.78 is 32.0. The summed E-state index contributed by atoms with van der Waals surface area (Å²) in [4.78, 5) is 0. The fourth-order valence-corrected chi connectivity index (χ4v) is 4.14. The molecule has 0 aromatic heterocycles. The molecule has 0 N–H and O–H groups in total. The molecule has 1 aromatic carbocycles. The Morgan fingerprint density at radius 1 is 1.12 bits per heavy atom. The van der Waals surface area contributed by atoms with Gasteiger partial charge in [0.05, 0.1) is 5.60 Å². The summed E-state index contributed by atoms with van der Waals surface area (Å²) in [6.45, 7) is 2.66. The van der Waals surface area contributed by atoms with Crippen molar-refractivity contribution in [2.45, 2.75) is 51.1 Å². The minimum absolute atomic E-state index is 0.319. The van der Waals surface area contributed by atoms with Gasteiger partial charge in [-0.3, -0.25) is 0 Å². The topological polar surface area (TPSA) is 9.23 Å². The Bertz CT molecular complexity index is 585. The Kier molecular flexibility index (Phi) is 5.50. The first kappa shape index (κ1) is 17.3. The number of ether oxygens (including phenoxy) is 1. The molecule has 1 aromatic rings. The van der Waals surface area contributed by atoms with Crippen molar-refractivity contribution >= 4 is 5.57 Å². The van der Waals surface area contributed by atoms with Gasteiger partial charge in [0.25, 0.3) is 0 Å². The van der Waals surface area contributed by atoms with Crippen LogP contribution in [0.4, 0.5) is 8.78 Å². The molecule has 0 bridgehead atoms. The van der Waals surface area contributed by atoms with Crippen molar-refractivity contribution in [3.63, 3.8) is 0 Å². The van der Waals surface area contributed by atoms with E-state index < -0.39 is 12.3 Å². The summed E-state index contributed by atoms with van der Waals surface area (Å²) in [6.07, 6.45) is 8.10. The Morgan fingerprint density at radius 3 is 2.38 bits per heavy atom. The van der Waals surface area contributed by atoms with E-state index in [2.05, 4.69) is 30.4 Å². The number of halogens is 2. The van der Waals surface area contributed by atoms with E-state index >= 15 is 0 Å². The van der Waals surface area contributed by atoms with E-state index in [0.29, 0.717) is 25.4 Å². The first-order chi connectivity index (χ1) is 11.6. The molecule has 1 fully saturated rings. The highest BCUT2D eigenvalue weighted by atomic mass is 19.3. The van der Waals surface area contributed by atoms with Crippen LogP contribution in [0.15, 0.2) is 48.6 Å². The molecule has 0 aliphatic heterocycles. The van der Waals surface area contributed by atoms with Gasteiger partial charge >= 0.3 is 0 Å². The molecule has 2 aliphatic rings. The van der Waals surface area contributed by atoms with Gasteiger partial charge in [-0.25, -0.2) is 8.78 Å². The number of hydrogen-bond donors (Lipinski definition) is 0. The third kappa shape index (κ3) is 3.61. The van der Waals surface area contributed by atoms with Gasteiger partial charge in [0.2, 0.25) is 6.43 Å². The standard InChI is InChI=1S/C21H26F2O/c1-2-24-21(19-10-8-18(9-11-19)20(22)23)14-12-17(13-15-21)16-6-4-3-5-7-16/h3-7,12-14,18-20H,2,8-11,15H2,1H3. The highest BCUT2D eigenvalue weighted by molar-refractivity contribution is 5.75. The smallest absolute Gasteiger partial charge is 0.241 e. The lowest BCUT2D eigenvalue weighted by atomic mass is 9.70. The second-order valence-corrected chi connectivity index (χ2v) is 6.90. The molecule has 1 unspecified atom stereocenters. The van der Waals surface area contributed by atoms with Crippen LogP contribution in [0.25, 0.3) is 5.57 Å². The van der Waals surface area contributed by atoms with Crippen LogP contribution < -0.4 is 0 Å². The molecule has 0 saturated heterocycles. The fourth-order valence-electron chi connectivity index (χ4n) is 4.14. The van der Waals surface area contributed by atoms with Gasteiger partial charge in [-0.15, -0.1) is 0 Å². The molecule has 0 radical (unpaired) electrons. The van der Waals surface area contributed by atoms with Crippen molar-refractivity contribution < 1.29 is 13.5 Å². The summed E-state index contributed by atoms with van der Waals surface area (Å²) in [6, 6.07) is 10.3. The van der Waals surface area contributed by atoms with Crippen LogP contribution in [-0.2, 0) is 4.74 Å². The van der Waals surface area contributed by atoms with Gasteiger partial charge in [-0.05, 0) is 56.1 Å². The maximum atomic E-state index is 12.9. The van der Waals surface area contributed by atoms with Crippen molar-refractivity contribution in [2.75, 3.05) is 6.61 Å². The van der Waals surface area contributed by atoms with Crippen molar-refractivity contribution in [3.05, 3.63) is 54.1 Å². The second-order valence-electron chi connectivity index (χ2n) is 6.90. The first-order valence-corrected chi connectivity index (χ1v) is 9.01. The van der Waals surface area contributed by atoms with Gasteiger partial charge in [-0.1, -0.05) is 48.6 Å². The number of allylic oxidation sites excluding steroid dienone is 2. The second kappa shape index (κ2) is 7.60. The SMILES string of the molecule is CCOC1(C2CCC(C(F)F)CC2)C=CC(c2ccccc2)=CC1. The summed E-state index contributed by atoms with van der Waals surface area (Å²) in [5.74, 6) is -0.0970. The van der Waals surface area contributed by atoms with Gasteiger partial charge in [0.15, 0.2) is 0 Å². The molecule has 2 aliphatic carbocycles. The van der Waals surface area contributed by atoms with E-state index in [1.54, 1.807) is 0 Å². The average molecular weight is 332 g/mol. The number of hydrogen-bond acceptors (Lipinski definition) is 1. The van der Waals surface area contributed by atoms with Gasteiger partial charge < -0.3 is 4.74 Å². The summed E-state index contributed by atoms with van der Waals surface area (Å²) in [5.41, 5.74) is 2.10. The number of benzene rings is 1. The zero-order valence-corrected chi connectivity index (χ0v) is 14.3. The minimum Gasteiger partial charge on any atom is -0.371 e. The van der Waals surface area contributed by atoms with Gasteiger partial charge in [-0.2, -0.15) is 0 Å². The van der Waals surface area contributed by atoms with Crippen LogP contribution in [0.1, 0.15) is 44.6 Å². The molecule has 3 rings (SSSR count). The van der Waals surface area contributed by atoms with Crippen molar-refractivity contribution in [3.8, 4) is 0 Å². The van der Waals surface area contributed by atoms with Crippen LogP contribution in [-0.4, -0.2) is 18.6 Å². The van der Waals surface area contributed by atoms with E-state index in [9.17, 15) is 8.78 Å². The number of alkyl halides is 2. The highest BCUT2D eigenvalue weighted by Crippen LogP contribution is 2.44. The maximum absolute atomic E-state index is 12.9. The van der Waals surface area contributed by atoms with E-state index in [4.69, 9.17) is 4.74 Å². The van der Waals surface area contributed by atoms with Crippen LogP contribution in [0.5, 0.6) is 0 Å². The van der Waals surface area contributed by atoms with Crippen molar-refractivity contribution in [1.82, 2.24) is 0 Å². The quantitative estimate of drug-likeness (QED) is 0.654. The molecule has 0 amide bonds. The van der Waals surface area contributed by atoms with Crippen LogP contribution in [0.3, 0.4) is 0 Å². The summed E-state index contributed by atoms with van der Waals surface area (Å²) >= 11 is 0. The molecule has 1 atom stereocenters. The molecule has 0 spiro atoms. The summed E-state index contributed by atoms with van der Waals surface area (Å²) in [5, 5.41) is 0. The Labute approximate surface area is 143 Å². The Morgan fingerprint density at radius 2 is 1.83 bits per heavy atom. The molecular formula is C21H26F2O. The predicted molar refractivity (Wildman–Crippen MR) is 94.0 cm³/mol. The van der Waals surface area contributed by atoms with Crippen molar-refractivity contribution in [2.24, 2.45) is 11.8 Å². The van der Waals surface area contributed by atoms with Gasteiger partial charge in [0, 0.05) is 12.5 Å². The highest BCUT2D eigenvalue weighted by Gasteiger charge is 2.41. The van der Waals surface area contributed by atoms with Crippen molar-refractivity contribution in [1.29, 1.82) is 0 Å². The van der Waals surface area contributed by atoms with Crippen LogP contribution in [0, 0.1) is 11.8 Å². The van der Waals surface area contributed by atoms with Gasteiger partial charge in [0.1, 0.15) is 0 Å². The summed E-state index contributed by atoms with van der Waals surface area (Å²) in [7, 11) is 0. The zero-order valence-electron chi connectivity index (χ0n) is 14.3. The lowest BCUT2D eigenvalue weighted by molar-refractivity contribution is -0.0665. The lowest BCUT2D eigenvalue weighted by Gasteiger charge is -2.42. The monoisotopic (exact) mass is 332 g/mol. The molecule has 24 heavy (non-hydrogen) atoms. The third-order valence-electron chi connectivity index (χ3n) is 5.53. The third-order valence-corrected chi connectivity index (χ3v) is 5.53.